The molecule has 0 radical (unpaired) electrons. The highest BCUT2D eigenvalue weighted by Gasteiger charge is 2.12. The van der Waals surface area contributed by atoms with Crippen LogP contribution in [0.2, 0.25) is 0 Å². The van der Waals surface area contributed by atoms with Gasteiger partial charge in [0.05, 0.1) is 12.6 Å². The van der Waals surface area contributed by atoms with Crippen LogP contribution in [-0.2, 0) is 0 Å². The molecular formula is C7H13N5O. The summed E-state index contributed by atoms with van der Waals surface area (Å²) < 4.78 is 0. The molecule has 0 aromatic carbocycles. The van der Waals surface area contributed by atoms with Crippen molar-refractivity contribution in [3.63, 3.8) is 0 Å². The van der Waals surface area contributed by atoms with Gasteiger partial charge in [-0.05, 0) is 26.1 Å². The number of carbonyl (C=O) groups excluding carboxylic acids is 1. The molecule has 72 valence electrons. The first kappa shape index (κ1) is 9.79. The van der Waals surface area contributed by atoms with Crippen molar-refractivity contribution in [1.29, 1.82) is 0 Å². The monoisotopic (exact) mass is 183 g/mol. The fourth-order valence-corrected chi connectivity index (χ4v) is 0.795. The maximum atomic E-state index is 11.2. The number of hydrogen-bond donors (Lipinski definition) is 1. The van der Waals surface area contributed by atoms with Crippen LogP contribution in [-0.4, -0.2) is 39.6 Å². The zero-order valence-electron chi connectivity index (χ0n) is 7.98. The minimum Gasteiger partial charge on any atom is -0.313 e. The second kappa shape index (κ2) is 4.08. The lowest BCUT2D eigenvalue weighted by molar-refractivity contribution is 0.0983. The molecule has 1 N–H and O–H groups in total. The Labute approximate surface area is 76.3 Å². The topological polar surface area (TPSA) is 72.7 Å². The first-order chi connectivity index (χ1) is 6.15. The van der Waals surface area contributed by atoms with Crippen molar-refractivity contribution in [2.75, 3.05) is 13.6 Å². The Bertz CT molecular complexity index is 293. The van der Waals surface area contributed by atoms with E-state index in [1.807, 2.05) is 13.8 Å². The largest absolute Gasteiger partial charge is 0.313 e. The summed E-state index contributed by atoms with van der Waals surface area (Å²) in [6.07, 6.45) is 0. The normalized spacial score (nSPS) is 10.8. The molecule has 13 heavy (non-hydrogen) atoms. The summed E-state index contributed by atoms with van der Waals surface area (Å²) in [5.74, 6) is 0.0254. The van der Waals surface area contributed by atoms with E-state index in [-0.39, 0.29) is 24.2 Å². The van der Waals surface area contributed by atoms with Gasteiger partial charge in [-0.1, -0.05) is 0 Å². The number of Topliss-reactive ketones (excluding diaryl/α,β-unsaturated/α-hetero) is 1. The zero-order valence-corrected chi connectivity index (χ0v) is 7.98. The first-order valence-electron chi connectivity index (χ1n) is 4.12. The Morgan fingerprint density at radius 3 is 2.77 bits per heavy atom. The molecule has 1 aromatic heterocycles. The predicted octanol–water partition coefficient (Wildman–Crippen LogP) is -0.344. The van der Waals surface area contributed by atoms with E-state index in [1.165, 1.54) is 4.80 Å². The van der Waals surface area contributed by atoms with E-state index < -0.39 is 0 Å². The highest BCUT2D eigenvalue weighted by molar-refractivity contribution is 5.93. The zero-order chi connectivity index (χ0) is 9.84. The quantitative estimate of drug-likeness (QED) is 0.646. The van der Waals surface area contributed by atoms with Gasteiger partial charge in [0.25, 0.3) is 0 Å². The molecule has 1 aromatic rings. The minimum atomic E-state index is -0.144. The molecule has 0 fully saturated rings. The fourth-order valence-electron chi connectivity index (χ4n) is 0.795. The summed E-state index contributed by atoms with van der Waals surface area (Å²) >= 11 is 0. The van der Waals surface area contributed by atoms with Crippen LogP contribution in [0.25, 0.3) is 0 Å². The molecule has 1 rings (SSSR count). The third-order valence-electron chi connectivity index (χ3n) is 1.48. The lowest BCUT2D eigenvalue weighted by Crippen LogP contribution is -2.20. The van der Waals surface area contributed by atoms with Crippen molar-refractivity contribution in [3.8, 4) is 0 Å². The number of aromatic nitrogens is 4. The molecule has 0 spiro atoms. The van der Waals surface area contributed by atoms with E-state index in [0.29, 0.717) is 0 Å². The third-order valence-corrected chi connectivity index (χ3v) is 1.48. The van der Waals surface area contributed by atoms with Crippen molar-refractivity contribution in [1.82, 2.24) is 25.5 Å². The molecular weight excluding hydrogens is 170 g/mol. The van der Waals surface area contributed by atoms with Gasteiger partial charge in [-0.2, -0.15) is 4.80 Å². The summed E-state index contributed by atoms with van der Waals surface area (Å²) in [7, 11) is 1.70. The van der Waals surface area contributed by atoms with Crippen LogP contribution in [0.15, 0.2) is 0 Å². The SMILES string of the molecule is CNCC(=O)c1nnn(C(C)C)n1. The van der Waals surface area contributed by atoms with Gasteiger partial charge in [0.15, 0.2) is 0 Å². The Balaban J connectivity index is 2.73. The predicted molar refractivity (Wildman–Crippen MR) is 46.5 cm³/mol. The van der Waals surface area contributed by atoms with Gasteiger partial charge in [-0.25, -0.2) is 0 Å². The van der Waals surface area contributed by atoms with Crippen LogP contribution in [0.3, 0.4) is 0 Å². The van der Waals surface area contributed by atoms with Crippen molar-refractivity contribution in [3.05, 3.63) is 5.82 Å². The van der Waals surface area contributed by atoms with E-state index in [4.69, 9.17) is 0 Å². The molecule has 6 nitrogen and oxygen atoms in total. The van der Waals surface area contributed by atoms with Crippen molar-refractivity contribution >= 4 is 5.78 Å². The summed E-state index contributed by atoms with van der Waals surface area (Å²) in [6, 6.07) is 0.128. The van der Waals surface area contributed by atoms with E-state index in [1.54, 1.807) is 7.05 Å². The van der Waals surface area contributed by atoms with Gasteiger partial charge < -0.3 is 5.32 Å². The third kappa shape index (κ3) is 2.32. The van der Waals surface area contributed by atoms with Crippen molar-refractivity contribution in [2.24, 2.45) is 0 Å². The van der Waals surface area contributed by atoms with Crippen molar-refractivity contribution < 1.29 is 4.79 Å². The molecule has 0 unspecified atom stereocenters. The number of nitrogens with one attached hydrogen (secondary N) is 1. The van der Waals surface area contributed by atoms with Gasteiger partial charge >= 0.3 is 0 Å². The molecule has 0 saturated carbocycles. The Morgan fingerprint density at radius 1 is 1.62 bits per heavy atom. The average molecular weight is 183 g/mol. The smallest absolute Gasteiger partial charge is 0.241 e. The van der Waals surface area contributed by atoms with Crippen molar-refractivity contribution in [2.45, 2.75) is 19.9 Å². The van der Waals surface area contributed by atoms with E-state index in [0.717, 1.165) is 0 Å². The molecule has 0 aliphatic heterocycles. The number of rotatable bonds is 4. The van der Waals surface area contributed by atoms with Gasteiger partial charge in [0, 0.05) is 0 Å². The number of tetrazole rings is 1. The summed E-state index contributed by atoms with van der Waals surface area (Å²) in [4.78, 5) is 12.7. The van der Waals surface area contributed by atoms with Crippen LogP contribution >= 0.6 is 0 Å². The molecule has 6 heteroatoms. The van der Waals surface area contributed by atoms with Crippen LogP contribution in [0, 0.1) is 0 Å². The summed E-state index contributed by atoms with van der Waals surface area (Å²) in [5.41, 5.74) is 0. The molecule has 0 amide bonds. The average Bonchev–Trinajstić information content (AvgIpc) is 2.52. The lowest BCUT2D eigenvalue weighted by Gasteiger charge is -1.98. The minimum absolute atomic E-state index is 0.128. The molecule has 0 saturated heterocycles. The maximum absolute atomic E-state index is 11.2. The van der Waals surface area contributed by atoms with Gasteiger partial charge in [-0.3, -0.25) is 4.79 Å². The van der Waals surface area contributed by atoms with Crippen LogP contribution < -0.4 is 5.32 Å². The fraction of sp³-hybridized carbons (Fsp3) is 0.714. The second-order valence-corrected chi connectivity index (χ2v) is 2.98. The molecule has 1 heterocycles. The van der Waals surface area contributed by atoms with E-state index >= 15 is 0 Å². The van der Waals surface area contributed by atoms with Gasteiger partial charge in [-0.15, -0.1) is 10.2 Å². The molecule has 0 atom stereocenters. The van der Waals surface area contributed by atoms with E-state index in [9.17, 15) is 4.79 Å². The Kier molecular flexibility index (Phi) is 3.07. The Hall–Kier alpha value is -1.30. The van der Waals surface area contributed by atoms with Crippen LogP contribution in [0.1, 0.15) is 30.5 Å². The number of likely N-dealkylation sites (N-methyl/N-ethyl adjacent to an activating group) is 1. The maximum Gasteiger partial charge on any atom is 0.241 e. The second-order valence-electron chi connectivity index (χ2n) is 2.98. The number of ketones is 1. The van der Waals surface area contributed by atoms with Gasteiger partial charge in [0.1, 0.15) is 0 Å². The number of nitrogens with zero attached hydrogens (tertiary/aromatic N) is 4. The Morgan fingerprint density at radius 2 is 2.31 bits per heavy atom. The van der Waals surface area contributed by atoms with Crippen LogP contribution in [0.5, 0.6) is 0 Å². The summed E-state index contributed by atoms with van der Waals surface area (Å²) in [5, 5.41) is 14.1. The van der Waals surface area contributed by atoms with Crippen LogP contribution in [0.4, 0.5) is 0 Å². The summed E-state index contributed by atoms with van der Waals surface area (Å²) in [6.45, 7) is 4.09. The number of hydrogen-bond acceptors (Lipinski definition) is 5. The first-order valence-corrected chi connectivity index (χ1v) is 4.12. The lowest BCUT2D eigenvalue weighted by atomic mass is 10.4. The van der Waals surface area contributed by atoms with Gasteiger partial charge in [0.2, 0.25) is 11.6 Å². The highest BCUT2D eigenvalue weighted by Crippen LogP contribution is 1.98. The standard InChI is InChI=1S/C7H13N5O/c1-5(2)12-10-7(9-11-12)6(13)4-8-3/h5,8H,4H2,1-3H3. The number of carbonyl (C=O) groups is 1. The van der Waals surface area contributed by atoms with E-state index in [2.05, 4.69) is 20.7 Å². The molecule has 0 bridgehead atoms. The molecule has 0 aliphatic rings. The highest BCUT2D eigenvalue weighted by atomic mass is 16.1. The molecule has 0 aliphatic carbocycles.